The van der Waals surface area contributed by atoms with Gasteiger partial charge in [-0.05, 0) is 44.5 Å². The van der Waals surface area contributed by atoms with Crippen LogP contribution in [0.3, 0.4) is 0 Å². The van der Waals surface area contributed by atoms with Gasteiger partial charge in [-0.1, -0.05) is 22.0 Å². The minimum Gasteiger partial charge on any atom is -0.392 e. The molecule has 0 bridgehead atoms. The largest absolute Gasteiger partial charge is 0.392 e. The molecule has 19 heavy (non-hydrogen) atoms. The van der Waals surface area contributed by atoms with Crippen LogP contribution < -0.4 is 4.90 Å². The van der Waals surface area contributed by atoms with Crippen LogP contribution in [-0.4, -0.2) is 42.2 Å². The molecule has 0 radical (unpaired) electrons. The molecular weight excluding hydrogens is 304 g/mol. The molecule has 1 aromatic carbocycles. The first-order chi connectivity index (χ1) is 9.28. The van der Waals surface area contributed by atoms with Crippen molar-refractivity contribution in [1.29, 1.82) is 0 Å². The van der Waals surface area contributed by atoms with Crippen molar-refractivity contribution in [3.63, 3.8) is 0 Å². The Hall–Kier alpha value is -0.580. The van der Waals surface area contributed by atoms with Gasteiger partial charge in [0.2, 0.25) is 0 Å². The van der Waals surface area contributed by atoms with Crippen LogP contribution in [0, 0.1) is 0 Å². The molecule has 3 nitrogen and oxygen atoms in total. The van der Waals surface area contributed by atoms with Crippen LogP contribution in [0.5, 0.6) is 0 Å². The maximum absolute atomic E-state index is 9.49. The van der Waals surface area contributed by atoms with Crippen LogP contribution in [0.1, 0.15) is 24.8 Å². The van der Waals surface area contributed by atoms with Crippen molar-refractivity contribution in [2.45, 2.75) is 31.9 Å². The lowest BCUT2D eigenvalue weighted by Crippen LogP contribution is -2.35. The summed E-state index contributed by atoms with van der Waals surface area (Å²) in [5.41, 5.74) is 2.23. The average Bonchev–Trinajstić information content (AvgIpc) is 3.09. The van der Waals surface area contributed by atoms with E-state index in [2.05, 4.69) is 31.8 Å². The molecule has 104 valence electrons. The van der Waals surface area contributed by atoms with E-state index in [0.717, 1.165) is 23.1 Å². The summed E-state index contributed by atoms with van der Waals surface area (Å²) in [6.45, 7) is 4.86. The van der Waals surface area contributed by atoms with E-state index in [4.69, 9.17) is 0 Å². The summed E-state index contributed by atoms with van der Waals surface area (Å²) in [6.07, 6.45) is 3.96. The monoisotopic (exact) mass is 324 g/mol. The van der Waals surface area contributed by atoms with E-state index < -0.39 is 0 Å². The smallest absolute Gasteiger partial charge is 0.0702 e. The number of anilines is 1. The molecule has 0 amide bonds. The van der Waals surface area contributed by atoms with E-state index in [-0.39, 0.29) is 6.61 Å². The molecule has 1 unspecified atom stereocenters. The van der Waals surface area contributed by atoms with Gasteiger partial charge in [-0.25, -0.2) is 0 Å². The van der Waals surface area contributed by atoms with Crippen LogP contribution in [0.25, 0.3) is 0 Å². The van der Waals surface area contributed by atoms with Gasteiger partial charge in [0.15, 0.2) is 0 Å². The first-order valence-corrected chi connectivity index (χ1v) is 7.95. The predicted molar refractivity (Wildman–Crippen MR) is 81.5 cm³/mol. The van der Waals surface area contributed by atoms with E-state index in [1.165, 1.54) is 38.0 Å². The highest BCUT2D eigenvalue weighted by Gasteiger charge is 2.30. The number of likely N-dealkylation sites (tertiary alicyclic amines) is 1. The van der Waals surface area contributed by atoms with Gasteiger partial charge in [0, 0.05) is 34.9 Å². The highest BCUT2D eigenvalue weighted by molar-refractivity contribution is 9.10. The number of hydrogen-bond acceptors (Lipinski definition) is 3. The second-order valence-corrected chi connectivity index (χ2v) is 6.48. The van der Waals surface area contributed by atoms with Gasteiger partial charge >= 0.3 is 0 Å². The summed E-state index contributed by atoms with van der Waals surface area (Å²) < 4.78 is 1.09. The Morgan fingerprint density at radius 2 is 2.00 bits per heavy atom. The molecule has 0 aliphatic carbocycles. The molecule has 0 aromatic heterocycles. The van der Waals surface area contributed by atoms with E-state index in [1.807, 2.05) is 12.1 Å². The fourth-order valence-electron chi connectivity index (χ4n) is 3.33. The number of halogens is 1. The molecule has 1 aromatic rings. The SMILES string of the molecule is OCc1ccc(Br)cc1N1CCC(N2CCCC2)C1. The number of aliphatic hydroxyl groups is 1. The number of hydrogen-bond donors (Lipinski definition) is 1. The van der Waals surface area contributed by atoms with Crippen LogP contribution in [0.15, 0.2) is 22.7 Å². The third-order valence-corrected chi connectivity index (χ3v) is 4.87. The number of rotatable bonds is 3. The topological polar surface area (TPSA) is 26.7 Å². The minimum atomic E-state index is 0.119. The lowest BCUT2D eigenvalue weighted by atomic mass is 10.1. The van der Waals surface area contributed by atoms with Gasteiger partial charge in [-0.2, -0.15) is 0 Å². The highest BCUT2D eigenvalue weighted by Crippen LogP contribution is 2.30. The van der Waals surface area contributed by atoms with Gasteiger partial charge in [-0.3, -0.25) is 4.90 Å². The fourth-order valence-corrected chi connectivity index (χ4v) is 3.68. The lowest BCUT2D eigenvalue weighted by molar-refractivity contribution is 0.260. The zero-order valence-electron chi connectivity index (χ0n) is 11.2. The van der Waals surface area contributed by atoms with Crippen LogP contribution >= 0.6 is 15.9 Å². The van der Waals surface area contributed by atoms with Crippen molar-refractivity contribution in [2.24, 2.45) is 0 Å². The predicted octanol–water partition coefficient (Wildman–Crippen LogP) is 2.62. The highest BCUT2D eigenvalue weighted by atomic mass is 79.9. The van der Waals surface area contributed by atoms with Crippen molar-refractivity contribution in [1.82, 2.24) is 4.90 Å². The Labute approximate surface area is 123 Å². The van der Waals surface area contributed by atoms with Crippen LogP contribution in [0.2, 0.25) is 0 Å². The third-order valence-electron chi connectivity index (χ3n) is 4.38. The standard InChI is InChI=1S/C15H21BrN2O/c16-13-4-3-12(11-19)15(9-13)18-8-5-14(10-18)17-6-1-2-7-17/h3-4,9,14,19H,1-2,5-8,10-11H2. The summed E-state index contributed by atoms with van der Waals surface area (Å²) in [7, 11) is 0. The zero-order chi connectivity index (χ0) is 13.2. The van der Waals surface area contributed by atoms with Gasteiger partial charge < -0.3 is 10.0 Å². The van der Waals surface area contributed by atoms with E-state index in [1.54, 1.807) is 0 Å². The molecule has 0 saturated carbocycles. The molecule has 2 heterocycles. The molecule has 2 saturated heterocycles. The summed E-state index contributed by atoms with van der Waals surface area (Å²) in [4.78, 5) is 5.07. The van der Waals surface area contributed by atoms with Crippen molar-refractivity contribution >= 4 is 21.6 Å². The maximum Gasteiger partial charge on any atom is 0.0702 e. The van der Waals surface area contributed by atoms with Crippen LogP contribution in [0.4, 0.5) is 5.69 Å². The second-order valence-electron chi connectivity index (χ2n) is 5.56. The Kier molecular flexibility index (Phi) is 4.10. The number of aliphatic hydroxyl groups excluding tert-OH is 1. The lowest BCUT2D eigenvalue weighted by Gasteiger charge is -2.25. The first-order valence-electron chi connectivity index (χ1n) is 7.16. The summed E-state index contributed by atoms with van der Waals surface area (Å²) >= 11 is 3.54. The van der Waals surface area contributed by atoms with Crippen LogP contribution in [-0.2, 0) is 6.61 Å². The van der Waals surface area contributed by atoms with Crippen molar-refractivity contribution in [2.75, 3.05) is 31.1 Å². The third kappa shape index (κ3) is 2.81. The minimum absolute atomic E-state index is 0.119. The van der Waals surface area contributed by atoms with Gasteiger partial charge in [0.1, 0.15) is 0 Å². The molecule has 2 fully saturated rings. The maximum atomic E-state index is 9.49. The Bertz CT molecular complexity index is 446. The molecular formula is C15H21BrN2O. The molecule has 1 atom stereocenters. The Morgan fingerprint density at radius 1 is 1.21 bits per heavy atom. The summed E-state index contributed by atoms with van der Waals surface area (Å²) in [5.74, 6) is 0. The summed E-state index contributed by atoms with van der Waals surface area (Å²) in [6, 6.07) is 6.86. The quantitative estimate of drug-likeness (QED) is 0.925. The Morgan fingerprint density at radius 3 is 2.74 bits per heavy atom. The first kappa shape index (κ1) is 13.4. The van der Waals surface area contributed by atoms with E-state index >= 15 is 0 Å². The van der Waals surface area contributed by atoms with Crippen molar-refractivity contribution < 1.29 is 5.11 Å². The molecule has 0 spiro atoms. The molecule has 2 aliphatic heterocycles. The van der Waals surface area contributed by atoms with E-state index in [0.29, 0.717) is 6.04 Å². The van der Waals surface area contributed by atoms with E-state index in [9.17, 15) is 5.11 Å². The molecule has 1 N–H and O–H groups in total. The van der Waals surface area contributed by atoms with Crippen molar-refractivity contribution in [3.8, 4) is 0 Å². The number of benzene rings is 1. The van der Waals surface area contributed by atoms with Gasteiger partial charge in [-0.15, -0.1) is 0 Å². The second kappa shape index (κ2) is 5.81. The van der Waals surface area contributed by atoms with Crippen molar-refractivity contribution in [3.05, 3.63) is 28.2 Å². The number of nitrogens with zero attached hydrogens (tertiary/aromatic N) is 2. The molecule has 3 rings (SSSR count). The molecule has 4 heteroatoms. The molecule has 2 aliphatic rings. The zero-order valence-corrected chi connectivity index (χ0v) is 12.8. The normalized spacial score (nSPS) is 24.3. The van der Waals surface area contributed by atoms with Gasteiger partial charge in [0.25, 0.3) is 0 Å². The Balaban J connectivity index is 1.75. The van der Waals surface area contributed by atoms with Gasteiger partial charge in [0.05, 0.1) is 6.61 Å². The average molecular weight is 325 g/mol. The fraction of sp³-hybridized carbons (Fsp3) is 0.600. The summed E-state index contributed by atoms with van der Waals surface area (Å²) in [5, 5.41) is 9.49.